The lowest BCUT2D eigenvalue weighted by Crippen LogP contribution is -2.22. The molecule has 0 bridgehead atoms. The number of fused-ring (bicyclic) bond motifs is 1. The molecule has 4 nitrogen and oxygen atoms in total. The Morgan fingerprint density at radius 1 is 1.26 bits per heavy atom. The molecule has 0 spiro atoms. The molecule has 0 aromatic carbocycles. The third-order valence-electron chi connectivity index (χ3n) is 3.89. The van der Waals surface area contributed by atoms with Crippen LogP contribution in [0.25, 0.3) is 0 Å². The van der Waals surface area contributed by atoms with Crippen LogP contribution < -0.4 is 0 Å². The molecule has 2 aliphatic heterocycles. The van der Waals surface area contributed by atoms with Gasteiger partial charge in [-0.05, 0) is 61.1 Å². The highest BCUT2D eigenvalue weighted by Crippen LogP contribution is 2.24. The van der Waals surface area contributed by atoms with E-state index in [0.717, 1.165) is 38.1 Å². The molecular formula is C14H21IN2O2. The van der Waals surface area contributed by atoms with Gasteiger partial charge in [0.05, 0.1) is 15.9 Å². The van der Waals surface area contributed by atoms with Gasteiger partial charge < -0.3 is 9.47 Å². The number of halogens is 1. The van der Waals surface area contributed by atoms with Crippen LogP contribution in [-0.2, 0) is 29.0 Å². The van der Waals surface area contributed by atoms with Crippen molar-refractivity contribution >= 4 is 22.6 Å². The van der Waals surface area contributed by atoms with Crippen LogP contribution in [-0.4, -0.2) is 22.7 Å². The predicted octanol–water partition coefficient (Wildman–Crippen LogP) is 3.26. The zero-order valence-electron chi connectivity index (χ0n) is 11.2. The molecule has 1 aromatic heterocycles. The summed E-state index contributed by atoms with van der Waals surface area (Å²) in [6.45, 7) is 2.48. The average molecular weight is 376 g/mol. The van der Waals surface area contributed by atoms with Crippen LogP contribution >= 0.6 is 22.6 Å². The fraction of sp³-hybridized carbons (Fsp3) is 0.786. The number of ether oxygens (including phenoxy) is 2. The molecule has 1 unspecified atom stereocenters. The molecule has 0 N–H and O–H groups in total. The van der Waals surface area contributed by atoms with Crippen molar-refractivity contribution in [2.45, 2.75) is 64.4 Å². The van der Waals surface area contributed by atoms with Gasteiger partial charge >= 0.3 is 0 Å². The molecule has 0 saturated carbocycles. The van der Waals surface area contributed by atoms with E-state index in [1.54, 1.807) is 0 Å². The molecule has 1 saturated heterocycles. The van der Waals surface area contributed by atoms with Gasteiger partial charge in [0, 0.05) is 13.2 Å². The first kappa shape index (κ1) is 13.8. The number of aromatic nitrogens is 2. The van der Waals surface area contributed by atoms with Crippen LogP contribution in [0.3, 0.4) is 0 Å². The van der Waals surface area contributed by atoms with Gasteiger partial charge in [0.15, 0.2) is 6.29 Å². The van der Waals surface area contributed by atoms with E-state index in [1.165, 1.54) is 34.9 Å². The summed E-state index contributed by atoms with van der Waals surface area (Å²) in [4.78, 5) is 0. The fourth-order valence-electron chi connectivity index (χ4n) is 2.79. The van der Waals surface area contributed by atoms with Gasteiger partial charge in [0.25, 0.3) is 0 Å². The molecule has 1 fully saturated rings. The summed E-state index contributed by atoms with van der Waals surface area (Å²) >= 11 is 2.43. The SMILES string of the molecule is Ic1c(COC2CCCCO2)nn2c1CCCCC2. The molecular weight excluding hydrogens is 355 g/mol. The Labute approximate surface area is 128 Å². The standard InChI is InChI=1S/C14H21IN2O2/c15-14-11(10-19-13-7-3-5-9-18-13)16-17-8-4-1-2-6-12(14)17/h13H,1-10H2. The summed E-state index contributed by atoms with van der Waals surface area (Å²) in [5.74, 6) is 0. The van der Waals surface area contributed by atoms with E-state index in [0.29, 0.717) is 6.61 Å². The van der Waals surface area contributed by atoms with E-state index in [-0.39, 0.29) is 6.29 Å². The topological polar surface area (TPSA) is 36.3 Å². The summed E-state index contributed by atoms with van der Waals surface area (Å²) < 4.78 is 14.9. The second kappa shape index (κ2) is 6.54. The number of hydrogen-bond acceptors (Lipinski definition) is 3. The van der Waals surface area contributed by atoms with Crippen molar-refractivity contribution in [1.82, 2.24) is 9.78 Å². The summed E-state index contributed by atoms with van der Waals surface area (Å²) in [7, 11) is 0. The van der Waals surface area contributed by atoms with Crippen molar-refractivity contribution in [3.63, 3.8) is 0 Å². The summed E-state index contributed by atoms with van der Waals surface area (Å²) in [5.41, 5.74) is 2.49. The Morgan fingerprint density at radius 2 is 2.21 bits per heavy atom. The van der Waals surface area contributed by atoms with E-state index >= 15 is 0 Å². The summed E-state index contributed by atoms with van der Waals surface area (Å²) in [6, 6.07) is 0. The van der Waals surface area contributed by atoms with E-state index in [9.17, 15) is 0 Å². The Morgan fingerprint density at radius 3 is 3.05 bits per heavy atom. The van der Waals surface area contributed by atoms with E-state index < -0.39 is 0 Å². The molecule has 5 heteroatoms. The van der Waals surface area contributed by atoms with Crippen LogP contribution in [0.5, 0.6) is 0 Å². The lowest BCUT2D eigenvalue weighted by atomic mass is 10.2. The van der Waals surface area contributed by atoms with Crippen LogP contribution in [0.2, 0.25) is 0 Å². The average Bonchev–Trinajstić information content (AvgIpc) is 2.63. The molecule has 3 rings (SSSR count). The zero-order valence-corrected chi connectivity index (χ0v) is 13.4. The van der Waals surface area contributed by atoms with E-state index in [4.69, 9.17) is 14.6 Å². The van der Waals surface area contributed by atoms with Crippen molar-refractivity contribution in [2.24, 2.45) is 0 Å². The molecule has 2 aliphatic rings. The van der Waals surface area contributed by atoms with Crippen LogP contribution in [0.15, 0.2) is 0 Å². The highest BCUT2D eigenvalue weighted by molar-refractivity contribution is 14.1. The van der Waals surface area contributed by atoms with Gasteiger partial charge in [-0.1, -0.05) is 6.42 Å². The monoisotopic (exact) mass is 376 g/mol. The zero-order chi connectivity index (χ0) is 13.1. The van der Waals surface area contributed by atoms with Gasteiger partial charge in [-0.25, -0.2) is 0 Å². The largest absolute Gasteiger partial charge is 0.353 e. The predicted molar refractivity (Wildman–Crippen MR) is 80.9 cm³/mol. The fourth-order valence-corrected chi connectivity index (χ4v) is 3.60. The first-order valence-electron chi connectivity index (χ1n) is 7.32. The molecule has 3 heterocycles. The van der Waals surface area contributed by atoms with Crippen LogP contribution in [0.4, 0.5) is 0 Å². The van der Waals surface area contributed by atoms with Gasteiger partial charge in [-0.15, -0.1) is 0 Å². The van der Waals surface area contributed by atoms with Gasteiger partial charge in [-0.2, -0.15) is 5.10 Å². The normalized spacial score (nSPS) is 23.9. The molecule has 1 atom stereocenters. The number of hydrogen-bond donors (Lipinski definition) is 0. The highest BCUT2D eigenvalue weighted by atomic mass is 127. The first-order chi connectivity index (χ1) is 9.34. The van der Waals surface area contributed by atoms with E-state index in [2.05, 4.69) is 27.3 Å². The molecule has 106 valence electrons. The van der Waals surface area contributed by atoms with Crippen molar-refractivity contribution in [3.8, 4) is 0 Å². The lowest BCUT2D eigenvalue weighted by Gasteiger charge is -2.22. The van der Waals surface area contributed by atoms with Crippen molar-refractivity contribution in [2.75, 3.05) is 6.61 Å². The third kappa shape index (κ3) is 3.31. The second-order valence-electron chi connectivity index (χ2n) is 5.35. The minimum atomic E-state index is -0.0222. The Hall–Kier alpha value is -0.140. The molecule has 1 aromatic rings. The maximum Gasteiger partial charge on any atom is 0.158 e. The lowest BCUT2D eigenvalue weighted by molar-refractivity contribution is -0.169. The number of aryl methyl sites for hydroxylation is 1. The molecule has 0 aliphatic carbocycles. The highest BCUT2D eigenvalue weighted by Gasteiger charge is 2.20. The van der Waals surface area contributed by atoms with Crippen LogP contribution in [0.1, 0.15) is 49.9 Å². The Bertz CT molecular complexity index is 427. The third-order valence-corrected chi connectivity index (χ3v) is 5.13. The quantitative estimate of drug-likeness (QED) is 0.760. The number of nitrogens with zero attached hydrogens (tertiary/aromatic N) is 2. The van der Waals surface area contributed by atoms with Crippen molar-refractivity contribution < 1.29 is 9.47 Å². The van der Waals surface area contributed by atoms with Crippen molar-refractivity contribution in [1.29, 1.82) is 0 Å². The molecule has 0 radical (unpaired) electrons. The second-order valence-corrected chi connectivity index (χ2v) is 6.43. The minimum Gasteiger partial charge on any atom is -0.353 e. The Balaban J connectivity index is 1.64. The molecule has 19 heavy (non-hydrogen) atoms. The smallest absolute Gasteiger partial charge is 0.158 e. The Kier molecular flexibility index (Phi) is 4.76. The first-order valence-corrected chi connectivity index (χ1v) is 8.40. The minimum absolute atomic E-state index is 0.0222. The summed E-state index contributed by atoms with van der Waals surface area (Å²) in [6.07, 6.45) is 8.38. The molecule has 0 amide bonds. The number of rotatable bonds is 3. The van der Waals surface area contributed by atoms with Crippen LogP contribution in [0, 0.1) is 3.57 Å². The van der Waals surface area contributed by atoms with Gasteiger partial charge in [0.2, 0.25) is 0 Å². The maximum atomic E-state index is 5.86. The van der Waals surface area contributed by atoms with Gasteiger partial charge in [-0.3, -0.25) is 4.68 Å². The van der Waals surface area contributed by atoms with E-state index in [1.807, 2.05) is 0 Å². The maximum absolute atomic E-state index is 5.86. The van der Waals surface area contributed by atoms with Crippen molar-refractivity contribution in [3.05, 3.63) is 15.0 Å². The summed E-state index contributed by atoms with van der Waals surface area (Å²) in [5, 5.41) is 4.72. The van der Waals surface area contributed by atoms with Gasteiger partial charge in [0.1, 0.15) is 5.69 Å².